The van der Waals surface area contributed by atoms with E-state index >= 15 is 0 Å². The first-order valence-electron chi connectivity index (χ1n) is 7.58. The van der Waals surface area contributed by atoms with Crippen molar-refractivity contribution in [1.29, 1.82) is 0 Å². The van der Waals surface area contributed by atoms with Crippen molar-refractivity contribution in [3.05, 3.63) is 0 Å². The summed E-state index contributed by atoms with van der Waals surface area (Å²) in [6.45, 7) is 2.96. The lowest BCUT2D eigenvalue weighted by molar-refractivity contribution is -0.130. The molecule has 0 spiro atoms. The molecule has 0 aromatic rings. The molecule has 0 saturated heterocycles. The predicted octanol–water partition coefficient (Wildman–Crippen LogP) is 3.23. The minimum absolute atomic E-state index is 0.0341. The SMILES string of the molecule is CCC1CCCC(CN)(C2(O)CCCCC2)C1. The van der Waals surface area contributed by atoms with Gasteiger partial charge in [-0.05, 0) is 31.6 Å². The quantitative estimate of drug-likeness (QED) is 0.794. The molecule has 0 aliphatic heterocycles. The molecule has 0 amide bonds. The second-order valence-corrected chi connectivity index (χ2v) is 6.45. The normalized spacial score (nSPS) is 37.9. The van der Waals surface area contributed by atoms with E-state index < -0.39 is 5.60 Å². The molecule has 0 heterocycles. The molecule has 2 heteroatoms. The van der Waals surface area contributed by atoms with Gasteiger partial charge < -0.3 is 10.8 Å². The van der Waals surface area contributed by atoms with Crippen molar-refractivity contribution >= 4 is 0 Å². The van der Waals surface area contributed by atoms with Crippen LogP contribution in [0, 0.1) is 11.3 Å². The van der Waals surface area contributed by atoms with Gasteiger partial charge in [0.2, 0.25) is 0 Å². The van der Waals surface area contributed by atoms with Crippen LogP contribution in [0.3, 0.4) is 0 Å². The molecule has 100 valence electrons. The van der Waals surface area contributed by atoms with Gasteiger partial charge in [0.25, 0.3) is 0 Å². The van der Waals surface area contributed by atoms with Crippen molar-refractivity contribution in [3.63, 3.8) is 0 Å². The van der Waals surface area contributed by atoms with Crippen LogP contribution in [0.5, 0.6) is 0 Å². The van der Waals surface area contributed by atoms with E-state index in [4.69, 9.17) is 5.73 Å². The van der Waals surface area contributed by atoms with E-state index in [1.807, 2.05) is 0 Å². The number of aliphatic hydroxyl groups is 1. The maximum absolute atomic E-state index is 11.1. The zero-order chi connectivity index (χ0) is 12.4. The third-order valence-electron chi connectivity index (χ3n) is 5.58. The molecule has 2 rings (SSSR count). The largest absolute Gasteiger partial charge is 0.389 e. The Bertz CT molecular complexity index is 247. The van der Waals surface area contributed by atoms with Gasteiger partial charge in [0.15, 0.2) is 0 Å². The van der Waals surface area contributed by atoms with Gasteiger partial charge in [-0.25, -0.2) is 0 Å². The van der Waals surface area contributed by atoms with Crippen LogP contribution < -0.4 is 5.73 Å². The van der Waals surface area contributed by atoms with E-state index in [0.717, 1.165) is 31.6 Å². The Labute approximate surface area is 106 Å². The zero-order valence-electron chi connectivity index (χ0n) is 11.4. The Kier molecular flexibility index (Phi) is 4.14. The first-order valence-corrected chi connectivity index (χ1v) is 7.58. The lowest BCUT2D eigenvalue weighted by Gasteiger charge is -2.53. The number of hydrogen-bond acceptors (Lipinski definition) is 2. The van der Waals surface area contributed by atoms with Crippen LogP contribution in [-0.2, 0) is 0 Å². The number of hydrogen-bond donors (Lipinski definition) is 2. The van der Waals surface area contributed by atoms with Crippen LogP contribution >= 0.6 is 0 Å². The second-order valence-electron chi connectivity index (χ2n) is 6.45. The molecule has 0 bridgehead atoms. The minimum Gasteiger partial charge on any atom is -0.389 e. The molecule has 2 aliphatic rings. The lowest BCUT2D eigenvalue weighted by Crippen LogP contribution is -2.55. The summed E-state index contributed by atoms with van der Waals surface area (Å²) in [7, 11) is 0. The molecule has 0 aromatic heterocycles. The summed E-state index contributed by atoms with van der Waals surface area (Å²) in [5, 5.41) is 11.1. The maximum atomic E-state index is 11.1. The molecule has 2 nitrogen and oxygen atoms in total. The van der Waals surface area contributed by atoms with E-state index in [9.17, 15) is 5.11 Å². The Morgan fingerprint density at radius 1 is 1.12 bits per heavy atom. The molecular weight excluding hydrogens is 210 g/mol. The van der Waals surface area contributed by atoms with Crippen molar-refractivity contribution < 1.29 is 5.11 Å². The molecule has 2 unspecified atom stereocenters. The summed E-state index contributed by atoms with van der Waals surface area (Å²) >= 11 is 0. The van der Waals surface area contributed by atoms with Crippen molar-refractivity contribution in [1.82, 2.24) is 0 Å². The summed E-state index contributed by atoms with van der Waals surface area (Å²) in [4.78, 5) is 0. The Balaban J connectivity index is 2.16. The highest BCUT2D eigenvalue weighted by atomic mass is 16.3. The van der Waals surface area contributed by atoms with Gasteiger partial charge in [0.1, 0.15) is 0 Å². The van der Waals surface area contributed by atoms with Crippen LogP contribution in [0.15, 0.2) is 0 Å². The fraction of sp³-hybridized carbons (Fsp3) is 1.00. The summed E-state index contributed by atoms with van der Waals surface area (Å²) in [6, 6.07) is 0. The smallest absolute Gasteiger partial charge is 0.0715 e. The van der Waals surface area contributed by atoms with Crippen LogP contribution in [0.1, 0.15) is 71.1 Å². The highest BCUT2D eigenvalue weighted by molar-refractivity contribution is 5.03. The molecule has 2 aliphatic carbocycles. The second kappa shape index (κ2) is 5.27. The van der Waals surface area contributed by atoms with Crippen LogP contribution in [-0.4, -0.2) is 17.3 Å². The highest BCUT2D eigenvalue weighted by Crippen LogP contribution is 2.52. The summed E-state index contributed by atoms with van der Waals surface area (Å²) in [5.74, 6) is 0.790. The van der Waals surface area contributed by atoms with Crippen molar-refractivity contribution in [3.8, 4) is 0 Å². The van der Waals surface area contributed by atoms with E-state index in [1.165, 1.54) is 38.5 Å². The van der Waals surface area contributed by atoms with E-state index in [2.05, 4.69) is 6.92 Å². The van der Waals surface area contributed by atoms with Gasteiger partial charge in [-0.3, -0.25) is 0 Å². The predicted molar refractivity (Wildman–Crippen MR) is 71.8 cm³/mol. The summed E-state index contributed by atoms with van der Waals surface area (Å²) in [6.07, 6.45) is 11.8. The summed E-state index contributed by atoms with van der Waals surface area (Å²) < 4.78 is 0. The van der Waals surface area contributed by atoms with Crippen LogP contribution in [0.25, 0.3) is 0 Å². The van der Waals surface area contributed by atoms with Gasteiger partial charge in [-0.1, -0.05) is 45.4 Å². The Hall–Kier alpha value is -0.0800. The molecule has 0 aromatic carbocycles. The molecule has 2 atom stereocenters. The van der Waals surface area contributed by atoms with Crippen LogP contribution in [0.2, 0.25) is 0 Å². The van der Waals surface area contributed by atoms with E-state index in [-0.39, 0.29) is 5.41 Å². The van der Waals surface area contributed by atoms with Crippen molar-refractivity contribution in [2.45, 2.75) is 76.7 Å². The third kappa shape index (κ3) is 2.39. The Morgan fingerprint density at radius 2 is 1.82 bits per heavy atom. The monoisotopic (exact) mass is 239 g/mol. The highest BCUT2D eigenvalue weighted by Gasteiger charge is 2.51. The average molecular weight is 239 g/mol. The average Bonchev–Trinajstić information content (AvgIpc) is 2.39. The minimum atomic E-state index is -0.451. The van der Waals surface area contributed by atoms with E-state index in [0.29, 0.717) is 6.54 Å². The standard InChI is InChI=1S/C15H29NO/c1-2-13-7-6-8-14(11-13,12-16)15(17)9-4-3-5-10-15/h13,17H,2-12,16H2,1H3. The molecular formula is C15H29NO. The molecule has 3 N–H and O–H groups in total. The molecule has 2 saturated carbocycles. The first-order chi connectivity index (χ1) is 8.16. The van der Waals surface area contributed by atoms with Gasteiger partial charge in [0, 0.05) is 12.0 Å². The van der Waals surface area contributed by atoms with Crippen molar-refractivity contribution in [2.24, 2.45) is 17.1 Å². The van der Waals surface area contributed by atoms with Crippen LogP contribution in [0.4, 0.5) is 0 Å². The fourth-order valence-electron chi connectivity index (χ4n) is 4.30. The van der Waals surface area contributed by atoms with Gasteiger partial charge in [0.05, 0.1) is 5.60 Å². The zero-order valence-corrected chi connectivity index (χ0v) is 11.4. The summed E-state index contributed by atoms with van der Waals surface area (Å²) in [5.41, 5.74) is 5.69. The van der Waals surface area contributed by atoms with Gasteiger partial charge in [-0.2, -0.15) is 0 Å². The number of rotatable bonds is 3. The molecule has 2 fully saturated rings. The van der Waals surface area contributed by atoms with Gasteiger partial charge >= 0.3 is 0 Å². The fourth-order valence-corrected chi connectivity index (χ4v) is 4.30. The van der Waals surface area contributed by atoms with E-state index in [1.54, 1.807) is 0 Å². The lowest BCUT2D eigenvalue weighted by atomic mass is 9.56. The molecule has 17 heavy (non-hydrogen) atoms. The Morgan fingerprint density at radius 3 is 2.41 bits per heavy atom. The van der Waals surface area contributed by atoms with Gasteiger partial charge in [-0.15, -0.1) is 0 Å². The molecule has 0 radical (unpaired) electrons. The third-order valence-corrected chi connectivity index (χ3v) is 5.58. The maximum Gasteiger partial charge on any atom is 0.0715 e. The topological polar surface area (TPSA) is 46.2 Å². The first kappa shape index (κ1) is 13.4. The van der Waals surface area contributed by atoms with Crippen molar-refractivity contribution in [2.75, 3.05) is 6.54 Å². The number of nitrogens with two attached hydrogens (primary N) is 1.